The van der Waals surface area contributed by atoms with E-state index in [0.29, 0.717) is 24.6 Å². The van der Waals surface area contributed by atoms with Crippen LogP contribution in [0.1, 0.15) is 30.4 Å². The summed E-state index contributed by atoms with van der Waals surface area (Å²) in [5.41, 5.74) is 6.99. The molecule has 21 heavy (non-hydrogen) atoms. The van der Waals surface area contributed by atoms with E-state index in [4.69, 9.17) is 15.7 Å². The Balaban J connectivity index is 1.74. The quantitative estimate of drug-likeness (QED) is 0.315. The van der Waals surface area contributed by atoms with E-state index in [1.54, 1.807) is 24.3 Å². The van der Waals surface area contributed by atoms with Crippen LogP contribution in [0.4, 0.5) is 0 Å². The second-order valence-electron chi connectivity index (χ2n) is 5.13. The van der Waals surface area contributed by atoms with E-state index in [0.717, 1.165) is 31.4 Å². The molecule has 2 rings (SSSR count). The lowest BCUT2D eigenvalue weighted by atomic mass is 10.1. The molecule has 6 heteroatoms. The van der Waals surface area contributed by atoms with Gasteiger partial charge in [-0.2, -0.15) is 0 Å². The van der Waals surface area contributed by atoms with Crippen molar-refractivity contribution in [3.05, 3.63) is 35.4 Å². The third kappa shape index (κ3) is 4.75. The highest BCUT2D eigenvalue weighted by Gasteiger charge is 2.15. The molecule has 1 saturated heterocycles. The molecule has 1 unspecified atom stereocenters. The van der Waals surface area contributed by atoms with Crippen molar-refractivity contribution in [1.29, 1.82) is 0 Å². The SMILES string of the molecule is NC(=NO)c1ccc(CC(=O)NCCC2CCCO2)cc1. The van der Waals surface area contributed by atoms with E-state index >= 15 is 0 Å². The Bertz CT molecular complexity index is 493. The van der Waals surface area contributed by atoms with E-state index in [1.807, 2.05) is 0 Å². The number of hydrogen-bond acceptors (Lipinski definition) is 4. The number of nitrogens with zero attached hydrogens (tertiary/aromatic N) is 1. The van der Waals surface area contributed by atoms with Crippen LogP contribution in [0.5, 0.6) is 0 Å². The van der Waals surface area contributed by atoms with Gasteiger partial charge >= 0.3 is 0 Å². The zero-order chi connectivity index (χ0) is 15.1. The summed E-state index contributed by atoms with van der Waals surface area (Å²) in [4.78, 5) is 11.8. The first-order chi connectivity index (χ1) is 10.2. The topological polar surface area (TPSA) is 96.9 Å². The van der Waals surface area contributed by atoms with Crippen LogP contribution in [-0.2, 0) is 16.0 Å². The van der Waals surface area contributed by atoms with Gasteiger partial charge in [-0.25, -0.2) is 0 Å². The fourth-order valence-electron chi connectivity index (χ4n) is 2.34. The number of oxime groups is 1. The number of carbonyl (C=O) groups excluding carboxylic acids is 1. The van der Waals surface area contributed by atoms with Crippen LogP contribution in [-0.4, -0.2) is 36.2 Å². The maximum Gasteiger partial charge on any atom is 0.224 e. The Morgan fingerprint density at radius 1 is 1.43 bits per heavy atom. The van der Waals surface area contributed by atoms with Crippen LogP contribution in [0.2, 0.25) is 0 Å². The Hall–Kier alpha value is -2.08. The van der Waals surface area contributed by atoms with Crippen LogP contribution in [0.3, 0.4) is 0 Å². The molecule has 0 radical (unpaired) electrons. The molecule has 1 aromatic rings. The Morgan fingerprint density at radius 3 is 2.81 bits per heavy atom. The number of amides is 1. The largest absolute Gasteiger partial charge is 0.409 e. The first-order valence-electron chi connectivity index (χ1n) is 7.14. The smallest absolute Gasteiger partial charge is 0.224 e. The van der Waals surface area contributed by atoms with E-state index < -0.39 is 0 Å². The first-order valence-corrected chi connectivity index (χ1v) is 7.14. The number of rotatable bonds is 6. The highest BCUT2D eigenvalue weighted by molar-refractivity contribution is 5.97. The summed E-state index contributed by atoms with van der Waals surface area (Å²) in [6.07, 6.45) is 3.69. The van der Waals surface area contributed by atoms with Gasteiger partial charge in [-0.05, 0) is 24.8 Å². The van der Waals surface area contributed by atoms with Crippen LogP contribution < -0.4 is 11.1 Å². The summed E-state index contributed by atoms with van der Waals surface area (Å²) >= 11 is 0. The van der Waals surface area contributed by atoms with Crippen LogP contribution >= 0.6 is 0 Å². The van der Waals surface area contributed by atoms with Crippen molar-refractivity contribution in [3.63, 3.8) is 0 Å². The highest BCUT2D eigenvalue weighted by atomic mass is 16.5. The number of nitrogens with two attached hydrogens (primary N) is 1. The molecule has 0 spiro atoms. The van der Waals surface area contributed by atoms with Crippen molar-refractivity contribution in [2.75, 3.05) is 13.2 Å². The number of benzene rings is 1. The monoisotopic (exact) mass is 291 g/mol. The molecule has 0 aromatic heterocycles. The molecular weight excluding hydrogens is 270 g/mol. The minimum Gasteiger partial charge on any atom is -0.409 e. The maximum atomic E-state index is 11.8. The first kappa shape index (κ1) is 15.3. The van der Waals surface area contributed by atoms with Crippen LogP contribution in [0.25, 0.3) is 0 Å². The zero-order valence-corrected chi connectivity index (χ0v) is 11.9. The summed E-state index contributed by atoms with van der Waals surface area (Å²) in [6.45, 7) is 1.48. The molecule has 1 aliphatic heterocycles. The fraction of sp³-hybridized carbons (Fsp3) is 0.467. The van der Waals surface area contributed by atoms with E-state index in [-0.39, 0.29) is 11.7 Å². The fourth-order valence-corrected chi connectivity index (χ4v) is 2.34. The lowest BCUT2D eigenvalue weighted by Gasteiger charge is -2.10. The highest BCUT2D eigenvalue weighted by Crippen LogP contribution is 2.14. The third-order valence-electron chi connectivity index (χ3n) is 3.53. The Kier molecular flexibility index (Phi) is 5.57. The van der Waals surface area contributed by atoms with E-state index in [9.17, 15) is 4.79 Å². The average molecular weight is 291 g/mol. The van der Waals surface area contributed by atoms with Gasteiger partial charge in [0.25, 0.3) is 0 Å². The van der Waals surface area contributed by atoms with Crippen molar-refractivity contribution < 1.29 is 14.7 Å². The predicted molar refractivity (Wildman–Crippen MR) is 79.3 cm³/mol. The van der Waals surface area contributed by atoms with Gasteiger partial charge in [0.05, 0.1) is 12.5 Å². The van der Waals surface area contributed by atoms with Gasteiger partial charge in [-0.1, -0.05) is 29.4 Å². The Labute approximate surface area is 124 Å². The molecule has 1 aromatic carbocycles. The van der Waals surface area contributed by atoms with Crippen molar-refractivity contribution in [2.45, 2.75) is 31.8 Å². The van der Waals surface area contributed by atoms with Gasteiger partial charge in [-0.3, -0.25) is 4.79 Å². The molecule has 1 heterocycles. The standard InChI is InChI=1S/C15H21N3O3/c16-15(18-20)12-5-3-11(4-6-12)10-14(19)17-8-7-13-2-1-9-21-13/h3-6,13,20H,1-2,7-10H2,(H2,16,18)(H,17,19). The minimum atomic E-state index is -0.00968. The van der Waals surface area contributed by atoms with Gasteiger partial charge < -0.3 is 21.0 Å². The molecule has 1 atom stereocenters. The molecule has 6 nitrogen and oxygen atoms in total. The number of ether oxygens (including phenoxy) is 1. The minimum absolute atomic E-state index is 0.00968. The zero-order valence-electron chi connectivity index (χ0n) is 11.9. The maximum absolute atomic E-state index is 11.8. The number of carbonyl (C=O) groups is 1. The second-order valence-corrected chi connectivity index (χ2v) is 5.13. The second kappa shape index (κ2) is 7.64. The molecule has 1 aliphatic rings. The van der Waals surface area contributed by atoms with E-state index in [2.05, 4.69) is 10.5 Å². The van der Waals surface area contributed by atoms with Crippen LogP contribution in [0.15, 0.2) is 29.4 Å². The molecule has 4 N–H and O–H groups in total. The molecule has 0 saturated carbocycles. The van der Waals surface area contributed by atoms with E-state index in [1.165, 1.54) is 0 Å². The molecule has 0 bridgehead atoms. The molecule has 1 amide bonds. The predicted octanol–water partition coefficient (Wildman–Crippen LogP) is 1.01. The van der Waals surface area contributed by atoms with Gasteiger partial charge in [0.2, 0.25) is 5.91 Å². The van der Waals surface area contributed by atoms with Crippen molar-refractivity contribution >= 4 is 11.7 Å². The van der Waals surface area contributed by atoms with Crippen molar-refractivity contribution in [1.82, 2.24) is 5.32 Å². The number of nitrogens with one attached hydrogen (secondary N) is 1. The molecule has 0 aliphatic carbocycles. The summed E-state index contributed by atoms with van der Waals surface area (Å²) < 4.78 is 5.50. The molecule has 114 valence electrons. The number of amidine groups is 1. The number of hydrogen-bond donors (Lipinski definition) is 3. The summed E-state index contributed by atoms with van der Waals surface area (Å²) in [7, 11) is 0. The lowest BCUT2D eigenvalue weighted by Crippen LogP contribution is -2.28. The third-order valence-corrected chi connectivity index (χ3v) is 3.53. The summed E-state index contributed by atoms with van der Waals surface area (Å²) in [5, 5.41) is 14.4. The normalized spacial score (nSPS) is 18.7. The van der Waals surface area contributed by atoms with Gasteiger partial charge in [0, 0.05) is 18.7 Å². The van der Waals surface area contributed by atoms with Gasteiger partial charge in [-0.15, -0.1) is 0 Å². The summed E-state index contributed by atoms with van der Waals surface area (Å²) in [5.74, 6) is 0.0482. The Morgan fingerprint density at radius 2 is 2.19 bits per heavy atom. The summed E-state index contributed by atoms with van der Waals surface area (Å²) in [6, 6.07) is 7.05. The van der Waals surface area contributed by atoms with Crippen molar-refractivity contribution in [2.24, 2.45) is 10.9 Å². The lowest BCUT2D eigenvalue weighted by molar-refractivity contribution is -0.120. The van der Waals surface area contributed by atoms with Crippen LogP contribution in [0, 0.1) is 0 Å². The molecular formula is C15H21N3O3. The van der Waals surface area contributed by atoms with Gasteiger partial charge in [0.1, 0.15) is 0 Å². The molecule has 1 fully saturated rings. The van der Waals surface area contributed by atoms with Gasteiger partial charge in [0.15, 0.2) is 5.84 Å². The average Bonchev–Trinajstić information content (AvgIpc) is 3.00. The van der Waals surface area contributed by atoms with Crippen molar-refractivity contribution in [3.8, 4) is 0 Å².